The summed E-state index contributed by atoms with van der Waals surface area (Å²) in [4.78, 5) is 12.6. The number of aliphatic hydroxyl groups excluding tert-OH is 1. The predicted molar refractivity (Wildman–Crippen MR) is 80.0 cm³/mol. The molecule has 1 aromatic heterocycles. The molecule has 1 aliphatic rings. The molecule has 0 unspecified atom stereocenters. The van der Waals surface area contributed by atoms with Crippen LogP contribution < -0.4 is 5.32 Å². The minimum absolute atomic E-state index is 0.0162. The van der Waals surface area contributed by atoms with Gasteiger partial charge in [-0.1, -0.05) is 0 Å². The topological polar surface area (TPSA) is 49.3 Å². The van der Waals surface area contributed by atoms with Crippen LogP contribution in [0.5, 0.6) is 0 Å². The van der Waals surface area contributed by atoms with E-state index in [1.54, 1.807) is 0 Å². The maximum Gasteiger partial charge on any atom is 0.261 e. The van der Waals surface area contributed by atoms with Crippen molar-refractivity contribution in [2.45, 2.75) is 31.8 Å². The molecular weight excluding hydrogens is 382 g/mol. The van der Waals surface area contributed by atoms with Crippen molar-refractivity contribution in [1.82, 2.24) is 5.32 Å². The second-order valence-corrected chi connectivity index (χ2v) is 7.84. The molecule has 0 aromatic carbocycles. The highest BCUT2D eigenvalue weighted by atomic mass is 79.9. The number of carbonyl (C=O) groups excluding carboxylic acids is 1. The Hall–Kier alpha value is 0.0900. The van der Waals surface area contributed by atoms with Gasteiger partial charge in [0.2, 0.25) is 0 Å². The average molecular weight is 397 g/mol. The summed E-state index contributed by atoms with van der Waals surface area (Å²) in [6.45, 7) is 0.707. The minimum Gasteiger partial charge on any atom is -0.393 e. The summed E-state index contributed by atoms with van der Waals surface area (Å²) in [5.74, 6) is 0.488. The molecule has 0 aliphatic heterocycles. The van der Waals surface area contributed by atoms with Crippen LogP contribution in [0.25, 0.3) is 0 Å². The standard InChI is InChI=1S/C12H15Br2NO2S/c13-9-5-10(18-11(9)14)12(17)15-6-7-1-3-8(16)4-2-7/h5,7-8,16H,1-4,6H2,(H,15,17). The minimum atomic E-state index is -0.138. The van der Waals surface area contributed by atoms with Crippen LogP contribution >= 0.6 is 43.2 Å². The van der Waals surface area contributed by atoms with E-state index in [0.29, 0.717) is 17.3 Å². The molecule has 1 heterocycles. The molecule has 0 atom stereocenters. The fourth-order valence-corrected chi connectivity index (χ4v) is 4.08. The lowest BCUT2D eigenvalue weighted by atomic mass is 9.87. The van der Waals surface area contributed by atoms with Crippen molar-refractivity contribution >= 4 is 49.1 Å². The number of amides is 1. The van der Waals surface area contributed by atoms with Crippen LogP contribution in [-0.4, -0.2) is 23.7 Å². The highest BCUT2D eigenvalue weighted by Gasteiger charge is 2.20. The zero-order chi connectivity index (χ0) is 13.1. The molecule has 18 heavy (non-hydrogen) atoms. The maximum atomic E-state index is 11.9. The van der Waals surface area contributed by atoms with Gasteiger partial charge in [0.1, 0.15) is 0 Å². The molecule has 0 saturated heterocycles. The van der Waals surface area contributed by atoms with E-state index in [1.165, 1.54) is 11.3 Å². The van der Waals surface area contributed by atoms with Gasteiger partial charge in [-0.2, -0.15) is 0 Å². The number of hydrogen-bond donors (Lipinski definition) is 2. The first kappa shape index (κ1) is 14.5. The lowest BCUT2D eigenvalue weighted by Crippen LogP contribution is -2.31. The van der Waals surface area contributed by atoms with E-state index in [-0.39, 0.29) is 12.0 Å². The van der Waals surface area contributed by atoms with Crippen molar-refractivity contribution in [2.75, 3.05) is 6.54 Å². The van der Waals surface area contributed by atoms with Gasteiger partial charge >= 0.3 is 0 Å². The summed E-state index contributed by atoms with van der Waals surface area (Å²) in [5, 5.41) is 12.4. The summed E-state index contributed by atoms with van der Waals surface area (Å²) < 4.78 is 1.85. The number of rotatable bonds is 3. The van der Waals surface area contributed by atoms with Gasteiger partial charge in [-0.25, -0.2) is 0 Å². The summed E-state index contributed by atoms with van der Waals surface area (Å²) in [7, 11) is 0. The highest BCUT2D eigenvalue weighted by Crippen LogP contribution is 2.32. The Balaban J connectivity index is 1.81. The van der Waals surface area contributed by atoms with Gasteiger partial charge in [-0.3, -0.25) is 4.79 Å². The summed E-state index contributed by atoms with van der Waals surface area (Å²) in [6.07, 6.45) is 3.58. The lowest BCUT2D eigenvalue weighted by molar-refractivity contribution is 0.0914. The van der Waals surface area contributed by atoms with Crippen molar-refractivity contribution < 1.29 is 9.90 Å². The van der Waals surface area contributed by atoms with Crippen LogP contribution in [0.2, 0.25) is 0 Å². The van der Waals surface area contributed by atoms with Crippen LogP contribution in [-0.2, 0) is 0 Å². The lowest BCUT2D eigenvalue weighted by Gasteiger charge is -2.25. The van der Waals surface area contributed by atoms with Crippen LogP contribution in [0, 0.1) is 5.92 Å². The maximum absolute atomic E-state index is 11.9. The van der Waals surface area contributed by atoms with Crippen LogP contribution in [0.4, 0.5) is 0 Å². The van der Waals surface area contributed by atoms with Crippen LogP contribution in [0.1, 0.15) is 35.4 Å². The van der Waals surface area contributed by atoms with E-state index >= 15 is 0 Å². The normalized spacial score (nSPS) is 23.9. The molecule has 6 heteroatoms. The predicted octanol–water partition coefficient (Wildman–Crippen LogP) is 3.55. The van der Waals surface area contributed by atoms with E-state index in [1.807, 2.05) is 6.07 Å². The Kier molecular flexibility index (Phi) is 5.24. The molecule has 3 nitrogen and oxygen atoms in total. The number of carbonyl (C=O) groups is 1. The molecule has 1 aliphatic carbocycles. The Morgan fingerprint density at radius 3 is 2.61 bits per heavy atom. The Labute approximate surface area is 127 Å². The molecule has 100 valence electrons. The molecule has 1 aromatic rings. The first-order chi connectivity index (χ1) is 8.56. The van der Waals surface area contributed by atoms with E-state index in [9.17, 15) is 9.90 Å². The number of hydrogen-bond acceptors (Lipinski definition) is 3. The fraction of sp³-hybridized carbons (Fsp3) is 0.583. The first-order valence-electron chi connectivity index (χ1n) is 5.97. The molecule has 0 radical (unpaired) electrons. The summed E-state index contributed by atoms with van der Waals surface area (Å²) in [6, 6.07) is 1.83. The van der Waals surface area contributed by atoms with Gasteiger partial charge in [0.15, 0.2) is 0 Å². The second-order valence-electron chi connectivity index (χ2n) is 4.62. The van der Waals surface area contributed by atoms with E-state index in [4.69, 9.17) is 0 Å². The SMILES string of the molecule is O=C(NCC1CCC(O)CC1)c1cc(Br)c(Br)s1. The van der Waals surface area contributed by atoms with Gasteiger partial charge < -0.3 is 10.4 Å². The highest BCUT2D eigenvalue weighted by molar-refractivity contribution is 9.13. The number of thiophene rings is 1. The zero-order valence-electron chi connectivity index (χ0n) is 9.79. The molecule has 1 fully saturated rings. The monoisotopic (exact) mass is 395 g/mol. The van der Waals surface area contributed by atoms with E-state index in [0.717, 1.165) is 33.9 Å². The second kappa shape index (κ2) is 6.50. The van der Waals surface area contributed by atoms with Crippen molar-refractivity contribution in [2.24, 2.45) is 5.92 Å². The average Bonchev–Trinajstić information content (AvgIpc) is 2.69. The van der Waals surface area contributed by atoms with Crippen LogP contribution in [0.15, 0.2) is 14.3 Å². The Morgan fingerprint density at radius 2 is 2.06 bits per heavy atom. The molecule has 0 spiro atoms. The van der Waals surface area contributed by atoms with Crippen molar-refractivity contribution in [3.05, 3.63) is 19.2 Å². The molecule has 1 saturated carbocycles. The summed E-state index contributed by atoms with van der Waals surface area (Å²) in [5.41, 5.74) is 0. The van der Waals surface area contributed by atoms with Gasteiger partial charge in [0.05, 0.1) is 14.8 Å². The van der Waals surface area contributed by atoms with Crippen molar-refractivity contribution in [3.63, 3.8) is 0 Å². The first-order valence-corrected chi connectivity index (χ1v) is 8.37. The molecule has 0 bridgehead atoms. The zero-order valence-corrected chi connectivity index (χ0v) is 13.8. The van der Waals surface area contributed by atoms with Gasteiger partial charge in [-0.05, 0) is 69.5 Å². The molecule has 2 rings (SSSR count). The smallest absolute Gasteiger partial charge is 0.261 e. The van der Waals surface area contributed by atoms with E-state index in [2.05, 4.69) is 37.2 Å². The van der Waals surface area contributed by atoms with Gasteiger partial charge in [0.25, 0.3) is 5.91 Å². The third-order valence-corrected chi connectivity index (χ3v) is 6.49. The fourth-order valence-electron chi connectivity index (χ4n) is 2.13. The van der Waals surface area contributed by atoms with Crippen LogP contribution in [0.3, 0.4) is 0 Å². The third kappa shape index (κ3) is 3.79. The van der Waals surface area contributed by atoms with Gasteiger partial charge in [-0.15, -0.1) is 11.3 Å². The molecule has 1 amide bonds. The summed E-state index contributed by atoms with van der Waals surface area (Å²) >= 11 is 8.18. The van der Waals surface area contributed by atoms with E-state index < -0.39 is 0 Å². The molecule has 2 N–H and O–H groups in total. The van der Waals surface area contributed by atoms with Crippen molar-refractivity contribution in [3.8, 4) is 0 Å². The number of halogens is 2. The number of aliphatic hydroxyl groups is 1. The quantitative estimate of drug-likeness (QED) is 0.820. The Morgan fingerprint density at radius 1 is 1.39 bits per heavy atom. The van der Waals surface area contributed by atoms with Crippen molar-refractivity contribution in [1.29, 1.82) is 0 Å². The number of nitrogens with one attached hydrogen (secondary N) is 1. The largest absolute Gasteiger partial charge is 0.393 e. The van der Waals surface area contributed by atoms with Gasteiger partial charge in [0, 0.05) is 11.0 Å². The Bertz CT molecular complexity index is 408. The third-order valence-electron chi connectivity index (χ3n) is 3.24. The molecular formula is C12H15Br2NO2S.